The lowest BCUT2D eigenvalue weighted by Gasteiger charge is -2.38. The smallest absolute Gasteiger partial charge is 0.330 e. The molecule has 13 atom stereocenters. The Kier molecular flexibility index (Phi) is 24.3. The lowest BCUT2D eigenvalue weighted by atomic mass is 9.72. The number of aliphatic hydroxyl groups is 1. The van der Waals surface area contributed by atoms with Gasteiger partial charge in [0.15, 0.2) is 47.4 Å². The van der Waals surface area contributed by atoms with E-state index in [2.05, 4.69) is 103 Å². The number of hydrogen-bond donors (Lipinski definition) is 1. The fourth-order valence-electron chi connectivity index (χ4n) is 13.6. The molecule has 0 radical (unpaired) electrons. The summed E-state index contributed by atoms with van der Waals surface area (Å²) in [5, 5.41) is 8.92. The Labute approximate surface area is 455 Å². The summed E-state index contributed by atoms with van der Waals surface area (Å²) in [5.41, 5.74) is -3.10. The zero-order chi connectivity index (χ0) is 56.9. The molecule has 7 unspecified atom stereocenters. The van der Waals surface area contributed by atoms with Gasteiger partial charge in [0.05, 0.1) is 12.2 Å². The van der Waals surface area contributed by atoms with E-state index in [0.717, 1.165) is 31.4 Å². The molecule has 0 aromatic carbocycles. The Morgan fingerprint density at radius 1 is 0.587 bits per heavy atom. The van der Waals surface area contributed by atoms with Crippen LogP contribution in [0.4, 0.5) is 0 Å². The highest BCUT2D eigenvalue weighted by Gasteiger charge is 2.72. The summed E-state index contributed by atoms with van der Waals surface area (Å²) >= 11 is 4.71. The van der Waals surface area contributed by atoms with E-state index in [4.69, 9.17) is 49.5 Å². The van der Waals surface area contributed by atoms with Gasteiger partial charge in [0.25, 0.3) is 0 Å². The molecule has 15 nitrogen and oxygen atoms in total. The molecule has 3 aliphatic carbocycles. The van der Waals surface area contributed by atoms with Gasteiger partial charge in [-0.05, 0) is 124 Å². The first-order valence-electron chi connectivity index (χ1n) is 27.0. The van der Waals surface area contributed by atoms with Crippen LogP contribution in [-0.2, 0) is 66.7 Å². The van der Waals surface area contributed by atoms with Crippen LogP contribution in [0.5, 0.6) is 0 Å². The van der Waals surface area contributed by atoms with Gasteiger partial charge in [-0.3, -0.25) is 28.7 Å². The fraction of sp³-hybridized carbons (Fsp3) is 0.814. The second-order valence-electron chi connectivity index (χ2n) is 24.3. The Bertz CT molecular complexity index is 1990. The van der Waals surface area contributed by atoms with Crippen LogP contribution in [0.15, 0.2) is 25.3 Å². The summed E-state index contributed by atoms with van der Waals surface area (Å²) in [5.74, 6) is -0.967. The van der Waals surface area contributed by atoms with Crippen LogP contribution < -0.4 is 0 Å². The number of aliphatic hydroxyl groups excluding tert-OH is 1. The van der Waals surface area contributed by atoms with Crippen LogP contribution in [-0.4, -0.2) is 112 Å². The van der Waals surface area contributed by atoms with Gasteiger partial charge in [0, 0.05) is 37.2 Å². The van der Waals surface area contributed by atoms with Crippen LogP contribution in [0.1, 0.15) is 164 Å². The maximum absolute atomic E-state index is 13.2. The summed E-state index contributed by atoms with van der Waals surface area (Å²) in [7, 11) is 0. The maximum atomic E-state index is 13.2. The third kappa shape index (κ3) is 14.8. The Morgan fingerprint density at radius 2 is 0.920 bits per heavy atom. The van der Waals surface area contributed by atoms with Crippen LogP contribution in [0.2, 0.25) is 0 Å². The van der Waals surface area contributed by atoms with Crippen molar-refractivity contribution < 1.29 is 71.8 Å². The quantitative estimate of drug-likeness (QED) is 0.0588. The number of carbonyl (C=O) groups excluding carboxylic acids is 6. The van der Waals surface area contributed by atoms with E-state index < -0.39 is 52.0 Å². The van der Waals surface area contributed by atoms with Crippen LogP contribution in [0.3, 0.4) is 0 Å². The van der Waals surface area contributed by atoms with E-state index in [9.17, 15) is 33.9 Å². The van der Waals surface area contributed by atoms with E-state index in [-0.39, 0.29) is 97.8 Å². The van der Waals surface area contributed by atoms with Gasteiger partial charge in [-0.15, -0.1) is 0 Å². The molecular weight excluding hydrogens is 984 g/mol. The van der Waals surface area contributed by atoms with Crippen molar-refractivity contribution in [1.82, 2.24) is 0 Å². The predicted molar refractivity (Wildman–Crippen MR) is 289 cm³/mol. The minimum absolute atomic E-state index is 0. The number of hydrogen-bond acceptors (Lipinski definition) is 15. The zero-order valence-corrected chi connectivity index (χ0v) is 48.9. The van der Waals surface area contributed by atoms with Gasteiger partial charge in [-0.25, -0.2) is 4.79 Å². The monoisotopic (exact) mass is 1080 g/mol. The molecule has 6 fully saturated rings. The molecular formula is C59H98ClO15+. The number of halogens is 1. The minimum Gasteiger partial charge on any atom is -0.458 e. The van der Waals surface area contributed by atoms with Gasteiger partial charge in [0.2, 0.25) is 16.8 Å². The van der Waals surface area contributed by atoms with Gasteiger partial charge in [0.1, 0.15) is 19.6 Å². The number of ether oxygens (including phenoxy) is 8. The first kappa shape index (κ1) is 68.1. The zero-order valence-electron chi connectivity index (χ0n) is 48.1. The molecule has 0 spiro atoms. The fourth-order valence-corrected chi connectivity index (χ4v) is 13.6. The second-order valence-corrected chi connectivity index (χ2v) is 24.7. The molecule has 0 amide bonds. The van der Waals surface area contributed by atoms with Gasteiger partial charge in [-0.1, -0.05) is 111 Å². The lowest BCUT2D eigenvalue weighted by molar-refractivity contribution is -0.194. The Morgan fingerprint density at radius 3 is 1.21 bits per heavy atom. The number of ketones is 3. The van der Waals surface area contributed by atoms with E-state index in [1.54, 1.807) is 6.92 Å². The molecule has 0 bridgehead atoms. The SMILES string of the molecule is C.C=CC(=O)Cl.C=CC(=O)OCC(=O)[C@@]12OC(C)(C)O[C@@H]1CC(C(C)C)C2C(C)C.CCCC(=O)OCC(=O)[C@@]12OC(C)(C)O[C@@H]1CC(C(C)C)C2C(C)C.[CH2+]C1(C)O[C@@H]2CC(C(C)C)C(C(C)C)[C@]2(C(=O)CO)O1. The van der Waals surface area contributed by atoms with Crippen molar-refractivity contribution in [1.29, 1.82) is 0 Å². The number of Topliss-reactive ketones (excluding diaryl/α,β-unsaturated/α-hetero) is 3. The Balaban J connectivity index is 0.000000367. The molecule has 1 N–H and O–H groups in total. The molecule has 6 aliphatic rings. The van der Waals surface area contributed by atoms with Crippen molar-refractivity contribution in [3.8, 4) is 0 Å². The highest BCUT2D eigenvalue weighted by molar-refractivity contribution is 6.66. The normalized spacial score (nSPS) is 34.5. The standard InChI is InChI=1S/C20H34O5.C19H30O5.C16H27O4.C3H3ClO.CH4/c1-8-9-17(22)23-11-15(21)20-16(24-19(6,7)25-20)10-14(12(2)3)18(20)13(4)5;1-8-16(21)22-10-14(20)19-15(23-18(6,7)24-19)9-13(11(2)3)17(19)12(4)5;1-9(2)11-7-13-16(12(18)8-17,14(11)10(3)4)20-15(5,6)19-13;1-2-3(4)5;/h12-14,16,18H,8-11H2,1-7H3;8,11-13,15,17H,1,9-10H2,2-7H3;9-11,13-14,17H,5,7-8H2,1-4,6H3;2H,1H2;1H4/q;;+1;;/t14?,16-,18?,20-;13?,15-,17?,19-;11?,13-,14?,15?,16-;;/m111../s1. The number of esters is 2. The molecule has 3 saturated heterocycles. The van der Waals surface area contributed by atoms with Crippen LogP contribution in [0.25, 0.3) is 0 Å². The number of rotatable bonds is 18. The van der Waals surface area contributed by atoms with Crippen LogP contribution >= 0.6 is 11.6 Å². The van der Waals surface area contributed by atoms with Crippen molar-refractivity contribution in [2.45, 2.75) is 217 Å². The third-order valence-corrected chi connectivity index (χ3v) is 16.0. The largest absolute Gasteiger partial charge is 0.458 e. The highest BCUT2D eigenvalue weighted by atomic mass is 35.5. The molecule has 0 aromatic rings. The van der Waals surface area contributed by atoms with Crippen molar-refractivity contribution in [2.24, 2.45) is 71.0 Å². The predicted octanol–water partition coefficient (Wildman–Crippen LogP) is 10.6. The average Bonchev–Trinajstić information content (AvgIpc) is 4.07. The van der Waals surface area contributed by atoms with Crippen molar-refractivity contribution in [2.75, 3.05) is 19.8 Å². The molecule has 16 heteroatoms. The first-order valence-corrected chi connectivity index (χ1v) is 27.4. The molecule has 0 aromatic heterocycles. The molecule has 3 heterocycles. The van der Waals surface area contributed by atoms with Gasteiger partial charge < -0.3 is 38.3 Å². The van der Waals surface area contributed by atoms with Crippen molar-refractivity contribution in [3.05, 3.63) is 32.2 Å². The van der Waals surface area contributed by atoms with Crippen LogP contribution in [0, 0.1) is 77.9 Å². The second kappa shape index (κ2) is 26.8. The molecule has 75 heavy (non-hydrogen) atoms. The van der Waals surface area contributed by atoms with Gasteiger partial charge in [-0.2, -0.15) is 0 Å². The van der Waals surface area contributed by atoms with E-state index in [1.807, 2.05) is 34.6 Å². The lowest BCUT2D eigenvalue weighted by Crippen LogP contribution is -2.54. The molecule has 3 aliphatic heterocycles. The average molecular weight is 1080 g/mol. The third-order valence-electron chi connectivity index (χ3n) is 15.9. The van der Waals surface area contributed by atoms with Crippen molar-refractivity contribution in [3.63, 3.8) is 0 Å². The number of carbonyl (C=O) groups is 6. The molecule has 430 valence electrons. The summed E-state index contributed by atoms with van der Waals surface area (Å²) < 4.78 is 46.9. The molecule has 3 saturated carbocycles. The first-order chi connectivity index (χ1) is 34.0. The maximum Gasteiger partial charge on any atom is 0.330 e. The van der Waals surface area contributed by atoms with E-state index >= 15 is 0 Å². The summed E-state index contributed by atoms with van der Waals surface area (Å²) in [6.45, 7) is 46.1. The minimum atomic E-state index is -1.05. The molecule has 6 rings (SSSR count). The van der Waals surface area contributed by atoms with E-state index in [0.29, 0.717) is 48.3 Å². The summed E-state index contributed by atoms with van der Waals surface area (Å²) in [4.78, 5) is 71.4. The topological polar surface area (TPSA) is 196 Å². The number of allylic oxidation sites excluding steroid dienone is 1. The van der Waals surface area contributed by atoms with Gasteiger partial charge >= 0.3 is 17.7 Å². The number of fused-ring (bicyclic) bond motifs is 3. The summed E-state index contributed by atoms with van der Waals surface area (Å²) in [6, 6.07) is 0. The van der Waals surface area contributed by atoms with E-state index in [1.165, 1.54) is 0 Å². The highest BCUT2D eigenvalue weighted by Crippen LogP contribution is 2.60. The van der Waals surface area contributed by atoms with Crippen molar-refractivity contribution >= 4 is 46.1 Å². The Hall–Kier alpha value is -3.02. The summed E-state index contributed by atoms with van der Waals surface area (Å²) in [6.07, 6.45) is 4.63.